The zero-order valence-electron chi connectivity index (χ0n) is 8.22. The van der Waals surface area contributed by atoms with Gasteiger partial charge in [-0.05, 0) is 0 Å². The summed E-state index contributed by atoms with van der Waals surface area (Å²) in [6.45, 7) is 0.450. The highest BCUT2D eigenvalue weighted by molar-refractivity contribution is 5.70. The summed E-state index contributed by atoms with van der Waals surface area (Å²) >= 11 is 0. The Hall–Kier alpha value is -2.21. The Balaban J connectivity index is 2.43. The summed E-state index contributed by atoms with van der Waals surface area (Å²) in [6.07, 6.45) is 6.89. The summed E-state index contributed by atoms with van der Waals surface area (Å²) in [6, 6.07) is 9.81. The van der Waals surface area contributed by atoms with Crippen LogP contribution in [0.1, 0.15) is 0 Å². The highest BCUT2D eigenvalue weighted by atomic mass is 15.1. The molecule has 3 nitrogen and oxygen atoms in total. The van der Waals surface area contributed by atoms with Gasteiger partial charge in [-0.2, -0.15) is 0 Å². The fourth-order valence-corrected chi connectivity index (χ4v) is 1.43. The summed E-state index contributed by atoms with van der Waals surface area (Å²) in [4.78, 5) is 4.25. The van der Waals surface area contributed by atoms with Crippen LogP contribution in [-0.2, 0) is 6.54 Å². The van der Waals surface area contributed by atoms with Gasteiger partial charge in [0, 0.05) is 5.56 Å². The molecule has 0 aliphatic rings. The van der Waals surface area contributed by atoms with E-state index >= 15 is 0 Å². The van der Waals surface area contributed by atoms with Crippen LogP contribution in [0.3, 0.4) is 0 Å². The molecule has 0 aliphatic carbocycles. The monoisotopic (exact) mass is 197 g/mol. The Morgan fingerprint density at radius 2 is 2.07 bits per heavy atom. The minimum Gasteiger partial charge on any atom is -0.383 e. The molecule has 74 valence electrons. The van der Waals surface area contributed by atoms with Crippen molar-refractivity contribution in [1.82, 2.24) is 9.55 Å². The summed E-state index contributed by atoms with van der Waals surface area (Å²) in [5.74, 6) is 3.14. The Morgan fingerprint density at radius 1 is 1.33 bits per heavy atom. The van der Waals surface area contributed by atoms with E-state index in [2.05, 4.69) is 10.9 Å². The third kappa shape index (κ3) is 1.70. The van der Waals surface area contributed by atoms with E-state index in [1.807, 2.05) is 30.3 Å². The Labute approximate surface area is 88.6 Å². The van der Waals surface area contributed by atoms with Crippen molar-refractivity contribution in [2.24, 2.45) is 0 Å². The van der Waals surface area contributed by atoms with Gasteiger partial charge in [-0.25, -0.2) is 4.98 Å². The van der Waals surface area contributed by atoms with Gasteiger partial charge in [0.25, 0.3) is 0 Å². The van der Waals surface area contributed by atoms with Gasteiger partial charge in [-0.15, -0.1) is 6.42 Å². The van der Waals surface area contributed by atoms with E-state index in [0.29, 0.717) is 12.4 Å². The molecule has 0 aliphatic heterocycles. The smallest absolute Gasteiger partial charge is 0.132 e. The first-order valence-electron chi connectivity index (χ1n) is 4.62. The van der Waals surface area contributed by atoms with E-state index in [0.717, 1.165) is 11.3 Å². The maximum atomic E-state index is 5.93. The molecule has 2 N–H and O–H groups in total. The van der Waals surface area contributed by atoms with Crippen molar-refractivity contribution in [2.75, 3.05) is 5.73 Å². The van der Waals surface area contributed by atoms with E-state index < -0.39 is 0 Å². The fourth-order valence-electron chi connectivity index (χ4n) is 1.43. The van der Waals surface area contributed by atoms with Crippen molar-refractivity contribution in [2.45, 2.75) is 6.54 Å². The number of nitrogen functional groups attached to an aromatic ring is 1. The summed E-state index contributed by atoms with van der Waals surface area (Å²) in [5.41, 5.74) is 7.71. The van der Waals surface area contributed by atoms with Crippen LogP contribution < -0.4 is 5.73 Å². The van der Waals surface area contributed by atoms with Gasteiger partial charge in [0.2, 0.25) is 0 Å². The molecule has 0 saturated carbocycles. The Kier molecular flexibility index (Phi) is 2.42. The Bertz CT molecular complexity index is 491. The number of nitrogens with zero attached hydrogens (tertiary/aromatic N) is 2. The molecule has 0 amide bonds. The molecule has 0 fully saturated rings. The first-order valence-corrected chi connectivity index (χ1v) is 4.62. The van der Waals surface area contributed by atoms with Gasteiger partial charge in [0.05, 0.1) is 12.9 Å². The molecule has 1 aromatic carbocycles. The second-order valence-electron chi connectivity index (χ2n) is 3.18. The molecule has 3 heteroatoms. The van der Waals surface area contributed by atoms with Gasteiger partial charge < -0.3 is 10.3 Å². The molecule has 0 spiro atoms. The quantitative estimate of drug-likeness (QED) is 0.745. The lowest BCUT2D eigenvalue weighted by Gasteiger charge is -2.01. The minimum absolute atomic E-state index is 0.450. The molecule has 0 saturated heterocycles. The van der Waals surface area contributed by atoms with Crippen LogP contribution >= 0.6 is 0 Å². The summed E-state index contributed by atoms with van der Waals surface area (Å²) < 4.78 is 1.75. The van der Waals surface area contributed by atoms with Crippen LogP contribution in [0.5, 0.6) is 0 Å². The van der Waals surface area contributed by atoms with E-state index in [4.69, 9.17) is 12.2 Å². The lowest BCUT2D eigenvalue weighted by molar-refractivity contribution is 0.852. The maximum Gasteiger partial charge on any atom is 0.132 e. The van der Waals surface area contributed by atoms with Crippen molar-refractivity contribution in [1.29, 1.82) is 0 Å². The molecule has 1 aromatic heterocycles. The SMILES string of the molecule is C#CCn1cnc(-c2ccccc2)c1N. The average Bonchev–Trinajstić information content (AvgIpc) is 2.63. The standard InChI is InChI=1S/C12H11N3/c1-2-8-15-9-14-11(12(15)13)10-6-4-3-5-7-10/h1,3-7,9H,8,13H2. The first-order chi connectivity index (χ1) is 7.33. The number of nitrogens with two attached hydrogens (primary N) is 1. The van der Waals surface area contributed by atoms with Gasteiger partial charge in [-0.3, -0.25) is 0 Å². The number of aromatic nitrogens is 2. The van der Waals surface area contributed by atoms with E-state index in [1.165, 1.54) is 0 Å². The van der Waals surface area contributed by atoms with Crippen LogP contribution in [0, 0.1) is 12.3 Å². The largest absolute Gasteiger partial charge is 0.383 e. The minimum atomic E-state index is 0.450. The number of imidazole rings is 1. The number of anilines is 1. The molecule has 0 unspecified atom stereocenters. The van der Waals surface area contributed by atoms with Crippen molar-refractivity contribution in [3.63, 3.8) is 0 Å². The van der Waals surface area contributed by atoms with Crippen molar-refractivity contribution in [3.05, 3.63) is 36.7 Å². The first kappa shape index (κ1) is 9.35. The lowest BCUT2D eigenvalue weighted by Crippen LogP contribution is -2.00. The van der Waals surface area contributed by atoms with Crippen LogP contribution in [0.15, 0.2) is 36.7 Å². The summed E-state index contributed by atoms with van der Waals surface area (Å²) in [5, 5.41) is 0. The molecule has 0 radical (unpaired) electrons. The van der Waals surface area contributed by atoms with Gasteiger partial charge >= 0.3 is 0 Å². The Morgan fingerprint density at radius 3 is 2.73 bits per heavy atom. The maximum absolute atomic E-state index is 5.93. The van der Waals surface area contributed by atoms with Crippen LogP contribution in [0.4, 0.5) is 5.82 Å². The van der Waals surface area contributed by atoms with Crippen LogP contribution in [-0.4, -0.2) is 9.55 Å². The van der Waals surface area contributed by atoms with Gasteiger partial charge in [0.15, 0.2) is 0 Å². The normalized spacial score (nSPS) is 9.80. The highest BCUT2D eigenvalue weighted by Gasteiger charge is 2.07. The van der Waals surface area contributed by atoms with Gasteiger partial charge in [0.1, 0.15) is 11.5 Å². The molecule has 2 rings (SSSR count). The lowest BCUT2D eigenvalue weighted by atomic mass is 10.1. The number of terminal acetylenes is 1. The average molecular weight is 197 g/mol. The van der Waals surface area contributed by atoms with E-state index in [9.17, 15) is 0 Å². The number of hydrogen-bond donors (Lipinski definition) is 1. The van der Waals surface area contributed by atoms with Crippen molar-refractivity contribution in [3.8, 4) is 23.6 Å². The molecule has 1 heterocycles. The van der Waals surface area contributed by atoms with Crippen molar-refractivity contribution < 1.29 is 0 Å². The molecular weight excluding hydrogens is 186 g/mol. The topological polar surface area (TPSA) is 43.8 Å². The molecule has 15 heavy (non-hydrogen) atoms. The van der Waals surface area contributed by atoms with E-state index in [-0.39, 0.29) is 0 Å². The van der Waals surface area contributed by atoms with E-state index in [1.54, 1.807) is 10.9 Å². The molecule has 2 aromatic rings. The number of hydrogen-bond acceptors (Lipinski definition) is 2. The van der Waals surface area contributed by atoms with Crippen LogP contribution in [0.2, 0.25) is 0 Å². The van der Waals surface area contributed by atoms with Gasteiger partial charge in [-0.1, -0.05) is 36.3 Å². The highest BCUT2D eigenvalue weighted by Crippen LogP contribution is 2.23. The van der Waals surface area contributed by atoms with Crippen LogP contribution in [0.25, 0.3) is 11.3 Å². The molecule has 0 bridgehead atoms. The zero-order valence-corrected chi connectivity index (χ0v) is 8.22. The fraction of sp³-hybridized carbons (Fsp3) is 0.0833. The predicted molar refractivity (Wildman–Crippen MR) is 60.9 cm³/mol. The second kappa shape index (κ2) is 3.89. The number of benzene rings is 1. The predicted octanol–water partition coefficient (Wildman–Crippen LogP) is 1.77. The molecular formula is C12H11N3. The van der Waals surface area contributed by atoms with Crippen molar-refractivity contribution >= 4 is 5.82 Å². The number of rotatable bonds is 2. The summed E-state index contributed by atoms with van der Waals surface area (Å²) in [7, 11) is 0. The second-order valence-corrected chi connectivity index (χ2v) is 3.18. The zero-order chi connectivity index (χ0) is 10.7. The third-order valence-corrected chi connectivity index (χ3v) is 2.19. The third-order valence-electron chi connectivity index (χ3n) is 2.19. The molecule has 0 atom stereocenters.